The first-order valence-corrected chi connectivity index (χ1v) is 24.3. The van der Waals surface area contributed by atoms with Crippen molar-refractivity contribution < 1.29 is 38.2 Å². The van der Waals surface area contributed by atoms with Crippen LogP contribution < -0.4 is 0 Å². The van der Waals surface area contributed by atoms with Crippen LogP contribution in [-0.4, -0.2) is 80.6 Å². The Bertz CT molecular complexity index is 1330. The molecule has 0 heterocycles. The minimum Gasteiger partial charge on any atom is -0.477 e. The highest BCUT2D eigenvalue weighted by Gasteiger charge is 2.31. The second-order valence-electron chi connectivity index (χ2n) is 17.0. The highest BCUT2D eigenvalue weighted by molar-refractivity contribution is 5.72. The number of carbonyl (C=O) groups is 3. The average Bonchev–Trinajstić information content (AvgIpc) is 3.23. The van der Waals surface area contributed by atoms with Crippen molar-refractivity contribution in [3.05, 3.63) is 97.2 Å². The standard InChI is InChI=1S/C54H89NO7/c1-6-8-10-12-14-16-18-20-22-24-25-26-27-29-31-33-35-37-39-41-43-45-53(57)62-50(48-60-47-46-51(54(58)59)55(3,4)5)49-61-52(56)44-42-40-38-36-34-32-30-28-23-21-19-17-15-13-11-9-7-2/h14,16,20-23,25-26,29-32,35-38,50-51H,6-13,15,17-19,24,27-28,33-34,39-49H2,1-5H3/p+1/b16-14+,22-20+,23-21+,26-25+,31-29+,32-30+,37-35+,38-36+. The molecule has 0 rings (SSSR count). The lowest BCUT2D eigenvalue weighted by molar-refractivity contribution is -0.887. The highest BCUT2D eigenvalue weighted by atomic mass is 16.6. The number of ether oxygens (including phenoxy) is 3. The Morgan fingerprint density at radius 1 is 0.484 bits per heavy atom. The van der Waals surface area contributed by atoms with Gasteiger partial charge in [0, 0.05) is 19.3 Å². The number of unbranched alkanes of at least 4 members (excludes halogenated alkanes) is 12. The summed E-state index contributed by atoms with van der Waals surface area (Å²) in [4.78, 5) is 37.1. The Morgan fingerprint density at radius 2 is 0.871 bits per heavy atom. The summed E-state index contributed by atoms with van der Waals surface area (Å²) in [7, 11) is 5.49. The van der Waals surface area contributed by atoms with Gasteiger partial charge in [0.25, 0.3) is 0 Å². The fraction of sp³-hybridized carbons (Fsp3) is 0.648. The van der Waals surface area contributed by atoms with Gasteiger partial charge in [-0.1, -0.05) is 156 Å². The lowest BCUT2D eigenvalue weighted by atomic mass is 10.1. The number of quaternary nitrogens is 1. The van der Waals surface area contributed by atoms with E-state index in [1.807, 2.05) is 21.1 Å². The van der Waals surface area contributed by atoms with E-state index in [2.05, 4.69) is 111 Å². The van der Waals surface area contributed by atoms with E-state index in [4.69, 9.17) is 14.2 Å². The minimum atomic E-state index is -0.892. The molecule has 0 spiro atoms. The molecule has 0 fully saturated rings. The summed E-state index contributed by atoms with van der Waals surface area (Å²) in [5.41, 5.74) is 0. The van der Waals surface area contributed by atoms with Gasteiger partial charge in [-0.15, -0.1) is 0 Å². The van der Waals surface area contributed by atoms with E-state index in [1.54, 1.807) is 0 Å². The normalized spacial score (nSPS) is 13.8. The Kier molecular flexibility index (Phi) is 41.2. The van der Waals surface area contributed by atoms with Crippen LogP contribution in [0, 0.1) is 0 Å². The molecule has 1 N–H and O–H groups in total. The van der Waals surface area contributed by atoms with Crippen molar-refractivity contribution >= 4 is 17.9 Å². The van der Waals surface area contributed by atoms with E-state index in [0.29, 0.717) is 19.3 Å². The number of carboxylic acid groups (broad SMARTS) is 1. The number of esters is 2. The van der Waals surface area contributed by atoms with Crippen molar-refractivity contribution in [2.24, 2.45) is 0 Å². The monoisotopic (exact) mass is 865 g/mol. The van der Waals surface area contributed by atoms with Crippen molar-refractivity contribution in [1.29, 1.82) is 0 Å². The first-order valence-electron chi connectivity index (χ1n) is 24.3. The Hall–Kier alpha value is -3.75. The predicted octanol–water partition coefficient (Wildman–Crippen LogP) is 13.9. The first kappa shape index (κ1) is 58.2. The van der Waals surface area contributed by atoms with Crippen LogP contribution in [0.2, 0.25) is 0 Å². The molecule has 0 aromatic heterocycles. The summed E-state index contributed by atoms with van der Waals surface area (Å²) in [6.45, 7) is 4.59. The van der Waals surface area contributed by atoms with E-state index in [1.165, 1.54) is 70.6 Å². The van der Waals surface area contributed by atoms with Crippen molar-refractivity contribution in [2.75, 3.05) is 41.0 Å². The zero-order valence-corrected chi connectivity index (χ0v) is 40.0. The molecule has 0 aromatic carbocycles. The summed E-state index contributed by atoms with van der Waals surface area (Å²) < 4.78 is 17.2. The predicted molar refractivity (Wildman–Crippen MR) is 261 cm³/mol. The van der Waals surface area contributed by atoms with Gasteiger partial charge in [0.2, 0.25) is 0 Å². The summed E-state index contributed by atoms with van der Waals surface area (Å²) in [6.07, 6.45) is 58.9. The molecule has 0 saturated carbocycles. The van der Waals surface area contributed by atoms with Gasteiger partial charge in [0.15, 0.2) is 12.1 Å². The van der Waals surface area contributed by atoms with Crippen molar-refractivity contribution in [3.63, 3.8) is 0 Å². The maximum Gasteiger partial charge on any atom is 0.362 e. The van der Waals surface area contributed by atoms with E-state index in [9.17, 15) is 19.5 Å². The molecule has 2 unspecified atom stereocenters. The Morgan fingerprint density at radius 3 is 1.34 bits per heavy atom. The topological polar surface area (TPSA) is 99.1 Å². The molecular weight excluding hydrogens is 775 g/mol. The number of nitrogens with zero attached hydrogens (tertiary/aromatic N) is 1. The van der Waals surface area contributed by atoms with Crippen LogP contribution in [0.4, 0.5) is 0 Å². The van der Waals surface area contributed by atoms with Gasteiger partial charge in [-0.3, -0.25) is 9.59 Å². The zero-order chi connectivity index (χ0) is 45.6. The molecule has 0 aliphatic carbocycles. The second kappa shape index (κ2) is 43.9. The third-order valence-corrected chi connectivity index (χ3v) is 10.2. The zero-order valence-electron chi connectivity index (χ0n) is 40.0. The van der Waals surface area contributed by atoms with Gasteiger partial charge in [-0.05, 0) is 96.3 Å². The van der Waals surface area contributed by atoms with Crippen LogP contribution in [0.1, 0.15) is 174 Å². The smallest absolute Gasteiger partial charge is 0.362 e. The third-order valence-electron chi connectivity index (χ3n) is 10.2. The maximum atomic E-state index is 12.8. The molecule has 8 heteroatoms. The molecule has 2 atom stereocenters. The van der Waals surface area contributed by atoms with Crippen LogP contribution in [0.25, 0.3) is 0 Å². The number of hydrogen-bond donors (Lipinski definition) is 1. The fourth-order valence-corrected chi connectivity index (χ4v) is 6.42. The van der Waals surface area contributed by atoms with Gasteiger partial charge < -0.3 is 23.8 Å². The molecule has 352 valence electrons. The van der Waals surface area contributed by atoms with E-state index < -0.39 is 18.1 Å². The van der Waals surface area contributed by atoms with Gasteiger partial charge in [-0.2, -0.15) is 0 Å². The quantitative estimate of drug-likeness (QED) is 0.0282. The average molecular weight is 865 g/mol. The van der Waals surface area contributed by atoms with Crippen LogP contribution >= 0.6 is 0 Å². The number of allylic oxidation sites excluding steroid dienone is 16. The SMILES string of the molecule is CCCCC/C=C/C/C=C/C/C=C/C/C=C/C/C=C/CCCCC(=O)OC(COCCC(C(=O)O)[N+](C)(C)C)COC(=O)CCC/C=C/C/C=C/C/C=C/CCCCCCCC. The summed E-state index contributed by atoms with van der Waals surface area (Å²) in [6, 6.07) is -0.636. The van der Waals surface area contributed by atoms with Gasteiger partial charge >= 0.3 is 17.9 Å². The lowest BCUT2D eigenvalue weighted by Gasteiger charge is -2.31. The molecule has 0 aromatic rings. The van der Waals surface area contributed by atoms with Gasteiger partial charge in [-0.25, -0.2) is 4.79 Å². The van der Waals surface area contributed by atoms with Crippen LogP contribution in [0.15, 0.2) is 97.2 Å². The lowest BCUT2D eigenvalue weighted by Crippen LogP contribution is -2.50. The molecule has 0 aliphatic heterocycles. The molecule has 0 radical (unpaired) electrons. The van der Waals surface area contributed by atoms with E-state index in [-0.39, 0.29) is 49.1 Å². The fourth-order valence-electron chi connectivity index (χ4n) is 6.42. The number of aliphatic carboxylic acids is 1. The molecule has 0 amide bonds. The summed E-state index contributed by atoms with van der Waals surface area (Å²) >= 11 is 0. The highest BCUT2D eigenvalue weighted by Crippen LogP contribution is 2.11. The van der Waals surface area contributed by atoms with Gasteiger partial charge in [0.1, 0.15) is 6.61 Å². The van der Waals surface area contributed by atoms with Crippen LogP contribution in [0.5, 0.6) is 0 Å². The number of rotatable bonds is 42. The van der Waals surface area contributed by atoms with Gasteiger partial charge in [0.05, 0.1) is 34.4 Å². The third kappa shape index (κ3) is 41.6. The Labute approximate surface area is 379 Å². The molecule has 0 aliphatic rings. The van der Waals surface area contributed by atoms with Crippen molar-refractivity contribution in [2.45, 2.75) is 187 Å². The molecule has 62 heavy (non-hydrogen) atoms. The van der Waals surface area contributed by atoms with Crippen LogP contribution in [-0.2, 0) is 28.6 Å². The number of carboxylic acids is 1. The van der Waals surface area contributed by atoms with Crippen molar-refractivity contribution in [3.8, 4) is 0 Å². The molecule has 0 bridgehead atoms. The second-order valence-corrected chi connectivity index (χ2v) is 17.0. The van der Waals surface area contributed by atoms with E-state index in [0.717, 1.165) is 57.8 Å². The minimum absolute atomic E-state index is 0.0217. The first-order chi connectivity index (χ1) is 30.1. The molecule has 8 nitrogen and oxygen atoms in total. The van der Waals surface area contributed by atoms with Crippen molar-refractivity contribution in [1.82, 2.24) is 0 Å². The largest absolute Gasteiger partial charge is 0.477 e. The van der Waals surface area contributed by atoms with E-state index >= 15 is 0 Å². The molecular formula is C54H90NO7+. The number of carbonyl (C=O) groups excluding carboxylic acids is 2. The number of likely N-dealkylation sites (N-methyl/N-ethyl adjacent to an activating group) is 1. The maximum absolute atomic E-state index is 12.8. The number of hydrogen-bond acceptors (Lipinski definition) is 6. The Balaban J connectivity index is 4.48. The summed E-state index contributed by atoms with van der Waals surface area (Å²) in [5.74, 6) is -1.60. The molecule has 0 saturated heterocycles. The summed E-state index contributed by atoms with van der Waals surface area (Å²) in [5, 5.41) is 9.64. The van der Waals surface area contributed by atoms with Crippen LogP contribution in [0.3, 0.4) is 0 Å².